The average molecular weight is 327 g/mol. The summed E-state index contributed by atoms with van der Waals surface area (Å²) in [5.74, 6) is 0.716. The van der Waals surface area contributed by atoms with Gasteiger partial charge in [0.25, 0.3) is 0 Å². The smallest absolute Gasteiger partial charge is 0.321 e. The second-order valence-corrected chi connectivity index (χ2v) is 5.54. The molecular weight excluding hydrogens is 308 g/mol. The van der Waals surface area contributed by atoms with Crippen molar-refractivity contribution in [1.82, 2.24) is 4.90 Å². The monoisotopic (exact) mass is 326 g/mol. The molecule has 1 aromatic rings. The molecule has 1 aromatic carbocycles. The highest BCUT2D eigenvalue weighted by atomic mass is 79.9. The number of ether oxygens (including phenoxy) is 1. The van der Waals surface area contributed by atoms with Gasteiger partial charge in [-0.15, -0.1) is 0 Å². The van der Waals surface area contributed by atoms with Crippen molar-refractivity contribution in [2.24, 2.45) is 0 Å². The number of halogens is 1. The van der Waals surface area contributed by atoms with E-state index >= 15 is 0 Å². The van der Waals surface area contributed by atoms with E-state index in [1.54, 1.807) is 7.11 Å². The first-order valence-electron chi connectivity index (χ1n) is 6.60. The fourth-order valence-electron chi connectivity index (χ4n) is 2.21. The molecule has 1 heterocycles. The van der Waals surface area contributed by atoms with Gasteiger partial charge >= 0.3 is 6.03 Å². The quantitative estimate of drug-likeness (QED) is 0.896. The normalized spacial score (nSPS) is 15.8. The van der Waals surface area contributed by atoms with Crippen molar-refractivity contribution in [3.8, 4) is 5.75 Å². The first-order chi connectivity index (χ1) is 9.20. The minimum atomic E-state index is -0.0220. The van der Waals surface area contributed by atoms with Gasteiger partial charge in [-0.3, -0.25) is 0 Å². The van der Waals surface area contributed by atoms with Crippen LogP contribution in [0.5, 0.6) is 5.75 Å². The van der Waals surface area contributed by atoms with Crippen LogP contribution in [-0.2, 0) is 0 Å². The van der Waals surface area contributed by atoms with Gasteiger partial charge in [-0.25, -0.2) is 4.79 Å². The van der Waals surface area contributed by atoms with Gasteiger partial charge in [0.2, 0.25) is 0 Å². The van der Waals surface area contributed by atoms with Crippen molar-refractivity contribution < 1.29 is 9.53 Å². The van der Waals surface area contributed by atoms with E-state index in [1.807, 2.05) is 23.1 Å². The van der Waals surface area contributed by atoms with Crippen LogP contribution in [-0.4, -0.2) is 31.1 Å². The molecule has 0 saturated carbocycles. The summed E-state index contributed by atoms with van der Waals surface area (Å²) >= 11 is 3.40. The van der Waals surface area contributed by atoms with E-state index in [4.69, 9.17) is 4.74 Å². The number of nitrogens with one attached hydrogen (secondary N) is 1. The molecule has 2 amide bonds. The van der Waals surface area contributed by atoms with E-state index in [0.717, 1.165) is 36.1 Å². The minimum absolute atomic E-state index is 0.0220. The number of methoxy groups -OCH3 is 1. The maximum atomic E-state index is 12.2. The van der Waals surface area contributed by atoms with Gasteiger partial charge < -0.3 is 15.0 Å². The van der Waals surface area contributed by atoms with Gasteiger partial charge in [0.1, 0.15) is 5.75 Å². The van der Waals surface area contributed by atoms with Crippen LogP contribution in [0, 0.1) is 0 Å². The number of nitrogens with zero attached hydrogens (tertiary/aromatic N) is 1. The van der Waals surface area contributed by atoms with E-state index < -0.39 is 0 Å². The van der Waals surface area contributed by atoms with Crippen LogP contribution in [0.1, 0.15) is 25.7 Å². The van der Waals surface area contributed by atoms with Crippen LogP contribution in [0.25, 0.3) is 0 Å². The van der Waals surface area contributed by atoms with E-state index in [9.17, 15) is 4.79 Å². The Morgan fingerprint density at radius 1 is 1.26 bits per heavy atom. The number of amides is 2. The minimum Gasteiger partial charge on any atom is -0.495 e. The number of hydrogen-bond donors (Lipinski definition) is 1. The summed E-state index contributed by atoms with van der Waals surface area (Å²) in [5.41, 5.74) is 0.759. The van der Waals surface area contributed by atoms with Crippen LogP contribution in [0.15, 0.2) is 22.7 Å². The molecule has 5 heteroatoms. The lowest BCUT2D eigenvalue weighted by Crippen LogP contribution is -2.35. The van der Waals surface area contributed by atoms with E-state index in [-0.39, 0.29) is 6.03 Å². The molecule has 0 aliphatic carbocycles. The van der Waals surface area contributed by atoms with E-state index in [0.29, 0.717) is 5.75 Å². The fraction of sp³-hybridized carbons (Fsp3) is 0.500. The Morgan fingerprint density at radius 2 is 1.95 bits per heavy atom. The molecule has 0 aromatic heterocycles. The number of benzene rings is 1. The van der Waals surface area contributed by atoms with Gasteiger partial charge in [-0.05, 0) is 40.9 Å². The van der Waals surface area contributed by atoms with E-state index in [2.05, 4.69) is 21.2 Å². The zero-order chi connectivity index (χ0) is 13.7. The van der Waals surface area contributed by atoms with Crippen LogP contribution >= 0.6 is 15.9 Å². The number of anilines is 1. The standard InChI is InChI=1S/C14H19BrN2O2/c1-19-13-10-11(6-7-12(13)15)16-14(18)17-8-4-2-3-5-9-17/h6-7,10H,2-5,8-9H2,1H3,(H,16,18). The second-order valence-electron chi connectivity index (χ2n) is 4.68. The molecule has 1 fully saturated rings. The molecule has 2 rings (SSSR count). The van der Waals surface area contributed by atoms with E-state index in [1.165, 1.54) is 12.8 Å². The SMILES string of the molecule is COc1cc(NC(=O)N2CCCCCC2)ccc1Br. The summed E-state index contributed by atoms with van der Waals surface area (Å²) in [6.45, 7) is 1.69. The Kier molecular flexibility index (Phi) is 5.07. The molecule has 0 atom stereocenters. The third kappa shape index (κ3) is 3.86. The lowest BCUT2D eigenvalue weighted by molar-refractivity contribution is 0.214. The maximum Gasteiger partial charge on any atom is 0.321 e. The Balaban J connectivity index is 2.01. The van der Waals surface area contributed by atoms with Gasteiger partial charge in [0.15, 0.2) is 0 Å². The predicted molar refractivity (Wildman–Crippen MR) is 79.8 cm³/mol. The van der Waals surface area contributed by atoms with Crippen LogP contribution in [0.2, 0.25) is 0 Å². The van der Waals surface area contributed by atoms with Crippen molar-refractivity contribution in [2.75, 3.05) is 25.5 Å². The summed E-state index contributed by atoms with van der Waals surface area (Å²) in [6, 6.07) is 5.53. The highest BCUT2D eigenvalue weighted by Gasteiger charge is 2.15. The van der Waals surface area contributed by atoms with Crippen molar-refractivity contribution in [3.63, 3.8) is 0 Å². The lowest BCUT2D eigenvalue weighted by Gasteiger charge is -2.21. The summed E-state index contributed by atoms with van der Waals surface area (Å²) in [5, 5.41) is 2.93. The van der Waals surface area contributed by atoms with Crippen LogP contribution in [0.3, 0.4) is 0 Å². The fourth-order valence-corrected chi connectivity index (χ4v) is 2.62. The Morgan fingerprint density at radius 3 is 2.58 bits per heavy atom. The summed E-state index contributed by atoms with van der Waals surface area (Å²) in [7, 11) is 1.61. The molecule has 0 bridgehead atoms. The molecule has 0 radical (unpaired) electrons. The number of hydrogen-bond acceptors (Lipinski definition) is 2. The predicted octanol–water partition coefficient (Wildman–Crippen LogP) is 3.87. The third-order valence-corrected chi connectivity index (χ3v) is 3.95. The van der Waals surface area contributed by atoms with Crippen LogP contribution < -0.4 is 10.1 Å². The molecule has 19 heavy (non-hydrogen) atoms. The first-order valence-corrected chi connectivity index (χ1v) is 7.39. The topological polar surface area (TPSA) is 41.6 Å². The van der Waals surface area contributed by atoms with Gasteiger partial charge in [0.05, 0.1) is 11.6 Å². The second kappa shape index (κ2) is 6.80. The van der Waals surface area contributed by atoms with Crippen molar-refractivity contribution >= 4 is 27.6 Å². The highest BCUT2D eigenvalue weighted by molar-refractivity contribution is 9.10. The molecular formula is C14H19BrN2O2. The molecule has 0 spiro atoms. The lowest BCUT2D eigenvalue weighted by atomic mass is 10.2. The largest absolute Gasteiger partial charge is 0.495 e. The Labute approximate surface area is 122 Å². The number of rotatable bonds is 2. The number of carbonyl (C=O) groups is 1. The summed E-state index contributed by atoms with van der Waals surface area (Å²) in [6.07, 6.45) is 4.62. The maximum absolute atomic E-state index is 12.2. The molecule has 1 aliphatic rings. The van der Waals surface area contributed by atoms with Crippen molar-refractivity contribution in [2.45, 2.75) is 25.7 Å². The zero-order valence-corrected chi connectivity index (χ0v) is 12.7. The average Bonchev–Trinajstić information content (AvgIpc) is 2.70. The molecule has 0 unspecified atom stereocenters. The Hall–Kier alpha value is -1.23. The number of carbonyl (C=O) groups excluding carboxylic acids is 1. The molecule has 1 aliphatic heterocycles. The molecule has 4 nitrogen and oxygen atoms in total. The van der Waals surface area contributed by atoms with Crippen molar-refractivity contribution in [1.29, 1.82) is 0 Å². The van der Waals surface area contributed by atoms with Crippen LogP contribution in [0.4, 0.5) is 10.5 Å². The Bertz CT molecular complexity index is 443. The molecule has 1 N–H and O–H groups in total. The third-order valence-electron chi connectivity index (χ3n) is 3.30. The van der Waals surface area contributed by atoms with Gasteiger partial charge in [-0.1, -0.05) is 12.8 Å². The van der Waals surface area contributed by atoms with Crippen molar-refractivity contribution in [3.05, 3.63) is 22.7 Å². The summed E-state index contributed by atoms with van der Waals surface area (Å²) in [4.78, 5) is 14.1. The van der Waals surface area contributed by atoms with Gasteiger partial charge in [0, 0.05) is 24.8 Å². The first kappa shape index (κ1) is 14.2. The van der Waals surface area contributed by atoms with Gasteiger partial charge in [-0.2, -0.15) is 0 Å². The highest BCUT2D eigenvalue weighted by Crippen LogP contribution is 2.28. The zero-order valence-electron chi connectivity index (χ0n) is 11.1. The molecule has 1 saturated heterocycles. The summed E-state index contributed by atoms with van der Waals surface area (Å²) < 4.78 is 6.10. The number of likely N-dealkylation sites (tertiary alicyclic amines) is 1. The molecule has 104 valence electrons. The number of urea groups is 1.